The smallest absolute Gasteiger partial charge is 0.468 e. The average Bonchev–Trinajstić information content (AvgIpc) is 2.88. The first-order chi connectivity index (χ1) is 12.2. The van der Waals surface area contributed by atoms with Gasteiger partial charge in [-0.15, -0.1) is 11.3 Å². The standard InChI is InChI=1S/C13H16F3N3OS.C3H6O2/c1-8-4-17-10(21-8)5-19-6-12(7-19)2-9(3-12)18-11(20)13(14,15)16;1-2-5-3-4/h4,9H,2-3,5-7H2,1H3,(H,18,20);3H,2H2,1H3. The lowest BCUT2D eigenvalue weighted by atomic mass is 9.60. The summed E-state index contributed by atoms with van der Waals surface area (Å²) in [7, 11) is 0. The number of halogens is 3. The predicted molar refractivity (Wildman–Crippen MR) is 89.5 cm³/mol. The maximum absolute atomic E-state index is 12.1. The number of amides is 1. The number of aryl methyl sites for hydroxylation is 1. The summed E-state index contributed by atoms with van der Waals surface area (Å²) in [6, 6.07) is -0.330. The maximum Gasteiger partial charge on any atom is 0.471 e. The molecule has 1 aromatic rings. The molecule has 0 bridgehead atoms. The largest absolute Gasteiger partial charge is 0.471 e. The second-order valence-corrected chi connectivity index (χ2v) is 7.96. The number of hydrogen-bond acceptors (Lipinski definition) is 6. The van der Waals surface area contributed by atoms with Crippen molar-refractivity contribution in [3.8, 4) is 0 Å². The normalized spacial score (nSPS) is 19.0. The summed E-state index contributed by atoms with van der Waals surface area (Å²) in [5.41, 5.74) is 0.107. The van der Waals surface area contributed by atoms with Crippen LogP contribution in [0.1, 0.15) is 29.7 Å². The third kappa shape index (κ3) is 5.41. The zero-order valence-electron chi connectivity index (χ0n) is 14.6. The van der Waals surface area contributed by atoms with Crippen molar-refractivity contribution >= 4 is 23.7 Å². The van der Waals surface area contributed by atoms with E-state index in [4.69, 9.17) is 0 Å². The molecule has 1 N–H and O–H groups in total. The van der Waals surface area contributed by atoms with Crippen molar-refractivity contribution in [3.63, 3.8) is 0 Å². The van der Waals surface area contributed by atoms with Gasteiger partial charge in [-0.05, 0) is 32.1 Å². The van der Waals surface area contributed by atoms with Crippen LogP contribution in [0.3, 0.4) is 0 Å². The van der Waals surface area contributed by atoms with Gasteiger partial charge in [0.05, 0.1) is 13.2 Å². The second kappa shape index (κ2) is 8.34. The molecule has 1 saturated heterocycles. The van der Waals surface area contributed by atoms with E-state index in [1.165, 1.54) is 4.88 Å². The molecule has 1 spiro atoms. The van der Waals surface area contributed by atoms with Gasteiger partial charge in [-0.3, -0.25) is 14.5 Å². The van der Waals surface area contributed by atoms with Gasteiger partial charge in [-0.1, -0.05) is 0 Å². The molecule has 3 rings (SSSR count). The minimum absolute atomic E-state index is 0.107. The summed E-state index contributed by atoms with van der Waals surface area (Å²) in [5, 5.41) is 3.13. The first kappa shape index (κ1) is 20.6. The van der Waals surface area contributed by atoms with Crippen LogP contribution in [0.2, 0.25) is 0 Å². The molecule has 1 amide bonds. The van der Waals surface area contributed by atoms with Gasteiger partial charge in [0.2, 0.25) is 0 Å². The summed E-state index contributed by atoms with van der Waals surface area (Å²) < 4.78 is 40.6. The van der Waals surface area contributed by atoms with Crippen molar-refractivity contribution in [3.05, 3.63) is 16.1 Å². The van der Waals surface area contributed by atoms with Crippen molar-refractivity contribution < 1.29 is 27.5 Å². The van der Waals surface area contributed by atoms with Gasteiger partial charge in [-0.2, -0.15) is 13.2 Å². The molecule has 1 aromatic heterocycles. The van der Waals surface area contributed by atoms with Gasteiger partial charge in [0.25, 0.3) is 6.47 Å². The van der Waals surface area contributed by atoms with Crippen LogP contribution in [0, 0.1) is 12.3 Å². The van der Waals surface area contributed by atoms with Crippen LogP contribution in [0.25, 0.3) is 0 Å². The maximum atomic E-state index is 12.1. The number of rotatable bonds is 5. The van der Waals surface area contributed by atoms with E-state index in [1.807, 2.05) is 13.1 Å². The zero-order chi connectivity index (χ0) is 19.4. The minimum atomic E-state index is -4.78. The first-order valence-electron chi connectivity index (χ1n) is 8.24. The van der Waals surface area contributed by atoms with E-state index < -0.39 is 12.1 Å². The molecule has 0 unspecified atom stereocenters. The Balaban J connectivity index is 0.000000431. The van der Waals surface area contributed by atoms with Crippen LogP contribution in [-0.2, 0) is 20.9 Å². The summed E-state index contributed by atoms with van der Waals surface area (Å²) in [6.07, 6.45) is -1.65. The lowest BCUT2D eigenvalue weighted by Crippen LogP contribution is -2.66. The number of alkyl halides is 3. The summed E-state index contributed by atoms with van der Waals surface area (Å²) in [5.74, 6) is -1.82. The fourth-order valence-corrected chi connectivity index (χ4v) is 4.19. The number of likely N-dealkylation sites (tertiary alicyclic amines) is 1. The van der Waals surface area contributed by atoms with Gasteiger partial charge in [0, 0.05) is 30.2 Å². The van der Waals surface area contributed by atoms with Gasteiger partial charge < -0.3 is 10.1 Å². The quantitative estimate of drug-likeness (QED) is 0.777. The van der Waals surface area contributed by atoms with Gasteiger partial charge in [0.15, 0.2) is 0 Å². The highest BCUT2D eigenvalue weighted by Gasteiger charge is 2.53. The molecule has 26 heavy (non-hydrogen) atoms. The molecule has 2 aliphatic rings. The van der Waals surface area contributed by atoms with Crippen molar-refractivity contribution in [2.24, 2.45) is 5.41 Å². The van der Waals surface area contributed by atoms with E-state index in [-0.39, 0.29) is 11.5 Å². The number of thiazole rings is 1. The van der Waals surface area contributed by atoms with Gasteiger partial charge in [-0.25, -0.2) is 4.98 Å². The molecule has 2 heterocycles. The molecule has 0 radical (unpaired) electrons. The molecular formula is C16H22F3N3O3S. The van der Waals surface area contributed by atoms with Crippen molar-refractivity contribution in [2.45, 2.75) is 45.5 Å². The fourth-order valence-electron chi connectivity index (χ4n) is 3.36. The molecule has 1 aliphatic heterocycles. The molecule has 1 saturated carbocycles. The van der Waals surface area contributed by atoms with E-state index in [1.54, 1.807) is 18.3 Å². The topological polar surface area (TPSA) is 71.5 Å². The highest BCUT2D eigenvalue weighted by molar-refractivity contribution is 7.11. The zero-order valence-corrected chi connectivity index (χ0v) is 15.5. The van der Waals surface area contributed by atoms with Crippen LogP contribution < -0.4 is 5.32 Å². The Labute approximate surface area is 153 Å². The molecular weight excluding hydrogens is 371 g/mol. The number of aromatic nitrogens is 1. The van der Waals surface area contributed by atoms with E-state index >= 15 is 0 Å². The van der Waals surface area contributed by atoms with Crippen LogP contribution >= 0.6 is 11.3 Å². The Morgan fingerprint density at radius 2 is 2.15 bits per heavy atom. The monoisotopic (exact) mass is 393 g/mol. The van der Waals surface area contributed by atoms with E-state index in [9.17, 15) is 22.8 Å². The summed E-state index contributed by atoms with van der Waals surface area (Å²) in [4.78, 5) is 27.8. The van der Waals surface area contributed by atoms with Crippen molar-refractivity contribution in [2.75, 3.05) is 19.7 Å². The number of carbonyl (C=O) groups is 2. The molecule has 10 heteroatoms. The number of ether oxygens (including phenoxy) is 1. The lowest BCUT2D eigenvalue weighted by molar-refractivity contribution is -0.177. The number of nitrogens with one attached hydrogen (secondary N) is 1. The van der Waals surface area contributed by atoms with Crippen LogP contribution in [0.5, 0.6) is 0 Å². The van der Waals surface area contributed by atoms with E-state index in [0.717, 1.165) is 24.6 Å². The van der Waals surface area contributed by atoms with Crippen molar-refractivity contribution in [1.82, 2.24) is 15.2 Å². The molecule has 146 valence electrons. The van der Waals surface area contributed by atoms with Crippen LogP contribution in [0.4, 0.5) is 13.2 Å². The Morgan fingerprint density at radius 1 is 1.50 bits per heavy atom. The average molecular weight is 393 g/mol. The second-order valence-electron chi connectivity index (χ2n) is 6.64. The Bertz CT molecular complexity index is 622. The molecule has 0 aromatic carbocycles. The molecule has 6 nitrogen and oxygen atoms in total. The minimum Gasteiger partial charge on any atom is -0.468 e. The SMILES string of the molecule is CCOC=O.Cc1cnc(CN2CC3(CC(NC(=O)C(F)(F)F)C3)C2)s1. The summed E-state index contributed by atoms with van der Waals surface area (Å²) >= 11 is 1.67. The summed E-state index contributed by atoms with van der Waals surface area (Å²) in [6.45, 7) is 7.24. The third-order valence-electron chi connectivity index (χ3n) is 4.33. The highest BCUT2D eigenvalue weighted by Crippen LogP contribution is 2.49. The van der Waals surface area contributed by atoms with Crippen LogP contribution in [-0.4, -0.2) is 54.2 Å². The predicted octanol–water partition coefficient (Wildman–Crippen LogP) is 2.27. The number of nitrogens with zero attached hydrogens (tertiary/aromatic N) is 2. The Kier molecular flexibility index (Phi) is 6.62. The fraction of sp³-hybridized carbons (Fsp3) is 0.688. The third-order valence-corrected chi connectivity index (χ3v) is 5.23. The number of hydrogen-bond donors (Lipinski definition) is 1. The number of carbonyl (C=O) groups excluding carboxylic acids is 2. The van der Waals surface area contributed by atoms with E-state index in [0.29, 0.717) is 25.9 Å². The van der Waals surface area contributed by atoms with Gasteiger partial charge in [0.1, 0.15) is 5.01 Å². The van der Waals surface area contributed by atoms with Gasteiger partial charge >= 0.3 is 12.1 Å². The lowest BCUT2D eigenvalue weighted by Gasteiger charge is -2.59. The Morgan fingerprint density at radius 3 is 2.58 bits per heavy atom. The molecule has 1 aliphatic carbocycles. The molecule has 0 atom stereocenters. The Hall–Kier alpha value is -1.68. The highest BCUT2D eigenvalue weighted by atomic mass is 32.1. The first-order valence-corrected chi connectivity index (χ1v) is 9.06. The van der Waals surface area contributed by atoms with Crippen LogP contribution in [0.15, 0.2) is 6.20 Å². The van der Waals surface area contributed by atoms with Crippen molar-refractivity contribution in [1.29, 1.82) is 0 Å². The molecule has 2 fully saturated rings. The van der Waals surface area contributed by atoms with E-state index in [2.05, 4.69) is 19.9 Å².